The maximum atomic E-state index is 4.75. The highest BCUT2D eigenvalue weighted by atomic mass is 79.9. The van der Waals surface area contributed by atoms with Crippen LogP contribution in [0.1, 0.15) is 5.69 Å². The van der Waals surface area contributed by atoms with Crippen molar-refractivity contribution < 1.29 is 0 Å². The molecule has 7 nitrogen and oxygen atoms in total. The number of aromatic nitrogens is 3. The summed E-state index contributed by atoms with van der Waals surface area (Å²) in [6.07, 6.45) is 9.90. The quantitative estimate of drug-likeness (QED) is 0.612. The van der Waals surface area contributed by atoms with E-state index in [1.54, 1.807) is 0 Å². The number of allylic oxidation sites excluding steroid dienone is 1. The Hall–Kier alpha value is -2.71. The smallest absolute Gasteiger partial charge is 0.137 e. The van der Waals surface area contributed by atoms with Crippen LogP contribution >= 0.6 is 15.9 Å². The van der Waals surface area contributed by atoms with Gasteiger partial charge >= 0.3 is 0 Å². The van der Waals surface area contributed by atoms with Crippen molar-refractivity contribution in [2.75, 3.05) is 49.7 Å². The number of halogens is 1. The molecular weight excluding hydrogens is 430 g/mol. The summed E-state index contributed by atoms with van der Waals surface area (Å²) in [6, 6.07) is 8.20. The van der Waals surface area contributed by atoms with Crippen molar-refractivity contribution >= 4 is 38.8 Å². The standard InChI is InChI=1S/C21H22BrN7/c1-26-8-10-27(11-9-26)17-3-5-20(23-12-17)28-7-6-18(25-15-28)19-13-24-21-4-2-16(22)14-29(19)21/h2-7,12-14H,8-11,15H2,1H3. The first-order valence-corrected chi connectivity index (χ1v) is 10.5. The molecule has 3 aromatic heterocycles. The van der Waals surface area contributed by atoms with Gasteiger partial charge in [0.2, 0.25) is 0 Å². The number of aliphatic imine (C=N–C) groups is 1. The fourth-order valence-corrected chi connectivity index (χ4v) is 4.01. The van der Waals surface area contributed by atoms with Gasteiger partial charge in [-0.2, -0.15) is 0 Å². The zero-order valence-electron chi connectivity index (χ0n) is 16.2. The predicted octanol–water partition coefficient (Wildman–Crippen LogP) is 3.02. The summed E-state index contributed by atoms with van der Waals surface area (Å²) < 4.78 is 3.06. The SMILES string of the molecule is CN1CCN(c2ccc(N3C=CC(c4cnc5ccc(Br)cn45)=NC3)nc2)CC1. The fourth-order valence-electron chi connectivity index (χ4n) is 3.67. The molecule has 5 heterocycles. The second-order valence-electron chi connectivity index (χ2n) is 7.35. The first-order chi connectivity index (χ1) is 14.2. The highest BCUT2D eigenvalue weighted by molar-refractivity contribution is 9.10. The summed E-state index contributed by atoms with van der Waals surface area (Å²) in [4.78, 5) is 20.7. The van der Waals surface area contributed by atoms with Crippen molar-refractivity contribution in [1.29, 1.82) is 0 Å². The summed E-state index contributed by atoms with van der Waals surface area (Å²) >= 11 is 3.52. The van der Waals surface area contributed by atoms with E-state index >= 15 is 0 Å². The van der Waals surface area contributed by atoms with E-state index in [1.807, 2.05) is 47.4 Å². The molecule has 0 N–H and O–H groups in total. The molecule has 2 aliphatic heterocycles. The van der Waals surface area contributed by atoms with Gasteiger partial charge in [-0.1, -0.05) is 0 Å². The number of pyridine rings is 2. The van der Waals surface area contributed by atoms with Crippen LogP contribution in [0.5, 0.6) is 0 Å². The molecule has 0 aromatic carbocycles. The molecule has 0 spiro atoms. The van der Waals surface area contributed by atoms with Crippen molar-refractivity contribution in [3.8, 4) is 0 Å². The maximum Gasteiger partial charge on any atom is 0.137 e. The van der Waals surface area contributed by atoms with Crippen LogP contribution in [0.25, 0.3) is 5.65 Å². The average Bonchev–Trinajstić information content (AvgIpc) is 3.18. The van der Waals surface area contributed by atoms with Gasteiger partial charge in [0.15, 0.2) is 0 Å². The highest BCUT2D eigenvalue weighted by Gasteiger charge is 2.16. The fraction of sp³-hybridized carbons (Fsp3) is 0.286. The van der Waals surface area contributed by atoms with Crippen LogP contribution < -0.4 is 9.80 Å². The predicted molar refractivity (Wildman–Crippen MR) is 120 cm³/mol. The molecule has 8 heteroatoms. The minimum Gasteiger partial charge on any atom is -0.368 e. The van der Waals surface area contributed by atoms with E-state index in [2.05, 4.69) is 59.8 Å². The van der Waals surface area contributed by atoms with Crippen LogP contribution in [-0.4, -0.2) is 64.9 Å². The van der Waals surface area contributed by atoms with Crippen molar-refractivity contribution in [2.45, 2.75) is 0 Å². The third kappa shape index (κ3) is 3.65. The molecule has 0 bridgehead atoms. The molecule has 1 fully saturated rings. The lowest BCUT2D eigenvalue weighted by Crippen LogP contribution is -2.44. The molecule has 5 rings (SSSR count). The molecule has 1 saturated heterocycles. The second kappa shape index (κ2) is 7.61. The summed E-state index contributed by atoms with van der Waals surface area (Å²) in [5, 5.41) is 0. The van der Waals surface area contributed by atoms with E-state index in [-0.39, 0.29) is 0 Å². The van der Waals surface area contributed by atoms with Crippen LogP contribution in [0.3, 0.4) is 0 Å². The maximum absolute atomic E-state index is 4.75. The van der Waals surface area contributed by atoms with Gasteiger partial charge < -0.3 is 14.7 Å². The lowest BCUT2D eigenvalue weighted by atomic mass is 10.2. The Labute approximate surface area is 178 Å². The minimum absolute atomic E-state index is 0.536. The molecule has 0 saturated carbocycles. The van der Waals surface area contributed by atoms with Gasteiger partial charge in [0, 0.05) is 43.0 Å². The Morgan fingerprint density at radius 3 is 2.55 bits per heavy atom. The Kier molecular flexibility index (Phi) is 4.81. The summed E-state index contributed by atoms with van der Waals surface area (Å²) in [5.41, 5.74) is 3.99. The summed E-state index contributed by atoms with van der Waals surface area (Å²) in [6.45, 7) is 4.81. The summed E-state index contributed by atoms with van der Waals surface area (Å²) in [7, 11) is 2.17. The van der Waals surface area contributed by atoms with Crippen molar-refractivity contribution in [1.82, 2.24) is 19.3 Å². The van der Waals surface area contributed by atoms with Gasteiger partial charge in [-0.25, -0.2) is 9.97 Å². The molecule has 0 atom stereocenters. The van der Waals surface area contributed by atoms with Crippen molar-refractivity contribution in [3.05, 3.63) is 65.3 Å². The zero-order chi connectivity index (χ0) is 19.8. The average molecular weight is 452 g/mol. The van der Waals surface area contributed by atoms with E-state index in [0.717, 1.165) is 53.5 Å². The van der Waals surface area contributed by atoms with Crippen LogP contribution in [0.2, 0.25) is 0 Å². The first-order valence-electron chi connectivity index (χ1n) is 9.69. The zero-order valence-corrected chi connectivity index (χ0v) is 17.8. The Balaban J connectivity index is 1.30. The minimum atomic E-state index is 0.536. The largest absolute Gasteiger partial charge is 0.368 e. The van der Waals surface area contributed by atoms with Gasteiger partial charge in [-0.15, -0.1) is 0 Å². The third-order valence-corrected chi connectivity index (χ3v) is 5.90. The Morgan fingerprint density at radius 2 is 1.83 bits per heavy atom. The number of imidazole rings is 1. The molecule has 0 radical (unpaired) electrons. The van der Waals surface area contributed by atoms with E-state index in [0.29, 0.717) is 6.67 Å². The number of fused-ring (bicyclic) bond motifs is 1. The molecule has 0 unspecified atom stereocenters. The van der Waals surface area contributed by atoms with Gasteiger partial charge in [0.05, 0.1) is 29.5 Å². The van der Waals surface area contributed by atoms with Crippen LogP contribution in [0.15, 0.2) is 64.6 Å². The lowest BCUT2D eigenvalue weighted by Gasteiger charge is -2.34. The third-order valence-electron chi connectivity index (χ3n) is 5.43. The number of rotatable bonds is 3. The molecule has 148 valence electrons. The molecule has 0 aliphatic carbocycles. The second-order valence-corrected chi connectivity index (χ2v) is 8.27. The van der Waals surface area contributed by atoms with Gasteiger partial charge in [-0.3, -0.25) is 9.39 Å². The number of hydrogen-bond donors (Lipinski definition) is 0. The van der Waals surface area contributed by atoms with Crippen LogP contribution in [-0.2, 0) is 0 Å². The molecular formula is C21H22BrN7. The van der Waals surface area contributed by atoms with E-state index in [9.17, 15) is 0 Å². The molecule has 2 aliphatic rings. The normalized spacial score (nSPS) is 17.8. The van der Waals surface area contributed by atoms with Gasteiger partial charge in [0.1, 0.15) is 18.1 Å². The van der Waals surface area contributed by atoms with E-state index < -0.39 is 0 Å². The number of piperazine rings is 1. The van der Waals surface area contributed by atoms with E-state index in [1.165, 1.54) is 5.69 Å². The van der Waals surface area contributed by atoms with E-state index in [4.69, 9.17) is 4.99 Å². The number of anilines is 2. The topological polar surface area (TPSA) is 52.3 Å². The molecule has 3 aromatic rings. The van der Waals surface area contributed by atoms with Crippen LogP contribution in [0.4, 0.5) is 11.5 Å². The highest BCUT2D eigenvalue weighted by Crippen LogP contribution is 2.21. The van der Waals surface area contributed by atoms with Crippen molar-refractivity contribution in [2.24, 2.45) is 4.99 Å². The molecule has 0 amide bonds. The Morgan fingerprint density at radius 1 is 0.966 bits per heavy atom. The monoisotopic (exact) mass is 451 g/mol. The number of nitrogens with zero attached hydrogens (tertiary/aromatic N) is 7. The van der Waals surface area contributed by atoms with Crippen LogP contribution in [0, 0.1) is 0 Å². The van der Waals surface area contributed by atoms with Crippen molar-refractivity contribution in [3.63, 3.8) is 0 Å². The Bertz CT molecular complexity index is 1080. The van der Waals surface area contributed by atoms with Gasteiger partial charge in [-0.05, 0) is 53.3 Å². The first kappa shape index (κ1) is 18.3. The number of hydrogen-bond acceptors (Lipinski definition) is 6. The summed E-state index contributed by atoms with van der Waals surface area (Å²) in [5.74, 6) is 0.905. The lowest BCUT2D eigenvalue weighted by molar-refractivity contribution is 0.313. The number of likely N-dealkylation sites (N-methyl/N-ethyl adjacent to an activating group) is 1. The van der Waals surface area contributed by atoms with Gasteiger partial charge in [0.25, 0.3) is 0 Å². The molecule has 29 heavy (non-hydrogen) atoms.